The fourth-order valence-electron chi connectivity index (χ4n) is 2.13. The number of amides is 1. The monoisotopic (exact) mass is 281 g/mol. The van der Waals surface area contributed by atoms with Crippen LogP contribution in [0.3, 0.4) is 0 Å². The maximum absolute atomic E-state index is 12.2. The van der Waals surface area contributed by atoms with Crippen molar-refractivity contribution < 1.29 is 9.90 Å². The van der Waals surface area contributed by atoms with E-state index in [1.165, 1.54) is 6.08 Å². The van der Waals surface area contributed by atoms with E-state index in [-0.39, 0.29) is 5.91 Å². The Morgan fingerprint density at radius 3 is 2.24 bits per heavy atom. The third-order valence-corrected chi connectivity index (χ3v) is 3.30. The van der Waals surface area contributed by atoms with E-state index >= 15 is 0 Å². The van der Waals surface area contributed by atoms with E-state index in [1.54, 1.807) is 12.1 Å². The molecule has 0 saturated heterocycles. The summed E-state index contributed by atoms with van der Waals surface area (Å²) >= 11 is 0. The van der Waals surface area contributed by atoms with Crippen molar-refractivity contribution >= 4 is 5.91 Å². The molecule has 0 aliphatic heterocycles. The normalized spacial score (nSPS) is 13.2. The van der Waals surface area contributed by atoms with Gasteiger partial charge in [0, 0.05) is 5.56 Å². The van der Waals surface area contributed by atoms with Crippen LogP contribution in [-0.2, 0) is 6.42 Å². The lowest BCUT2D eigenvalue weighted by Gasteiger charge is -2.22. The molecule has 1 unspecified atom stereocenters. The second kappa shape index (κ2) is 7.41. The number of aliphatic hydroxyl groups is 1. The zero-order chi connectivity index (χ0) is 15.1. The van der Waals surface area contributed by atoms with Crippen molar-refractivity contribution in [2.75, 3.05) is 0 Å². The van der Waals surface area contributed by atoms with E-state index in [2.05, 4.69) is 11.9 Å². The Balaban J connectivity index is 2.10. The quantitative estimate of drug-likeness (QED) is 0.800. The van der Waals surface area contributed by atoms with Crippen LogP contribution in [0.15, 0.2) is 73.3 Å². The minimum absolute atomic E-state index is 0.197. The summed E-state index contributed by atoms with van der Waals surface area (Å²) in [6, 6.07) is 18.3. The van der Waals surface area contributed by atoms with Gasteiger partial charge in [0.05, 0.1) is 12.1 Å². The number of hydrogen-bond acceptors (Lipinski definition) is 2. The zero-order valence-corrected chi connectivity index (χ0v) is 11.8. The van der Waals surface area contributed by atoms with Gasteiger partial charge in [-0.25, -0.2) is 0 Å². The Kier molecular flexibility index (Phi) is 5.29. The zero-order valence-electron chi connectivity index (χ0n) is 11.8. The van der Waals surface area contributed by atoms with Gasteiger partial charge < -0.3 is 10.4 Å². The standard InChI is InChI=1S/C18H19NO2/c1-2-17(20)16(13-14-9-5-3-6-10-14)19-18(21)15-11-7-4-8-12-15/h2-12,16-17,20H,1,13H2,(H,19,21)/t16-,17?/m1/s1. The van der Waals surface area contributed by atoms with Gasteiger partial charge in [0.15, 0.2) is 0 Å². The molecular formula is C18H19NO2. The first-order chi connectivity index (χ1) is 10.2. The van der Waals surface area contributed by atoms with E-state index in [0.717, 1.165) is 5.56 Å². The molecule has 1 amide bonds. The molecule has 0 spiro atoms. The molecule has 3 heteroatoms. The Bertz CT molecular complexity index is 581. The first-order valence-electron chi connectivity index (χ1n) is 6.91. The van der Waals surface area contributed by atoms with Crippen molar-refractivity contribution in [3.63, 3.8) is 0 Å². The molecule has 3 nitrogen and oxygen atoms in total. The number of rotatable bonds is 6. The van der Waals surface area contributed by atoms with E-state index in [0.29, 0.717) is 12.0 Å². The van der Waals surface area contributed by atoms with Crippen LogP contribution in [0.4, 0.5) is 0 Å². The van der Waals surface area contributed by atoms with Crippen LogP contribution in [0.5, 0.6) is 0 Å². The van der Waals surface area contributed by atoms with Gasteiger partial charge in [0.2, 0.25) is 0 Å². The summed E-state index contributed by atoms with van der Waals surface area (Å²) in [6.07, 6.45) is 1.20. The van der Waals surface area contributed by atoms with Gasteiger partial charge in [0.1, 0.15) is 0 Å². The Morgan fingerprint density at radius 1 is 1.10 bits per heavy atom. The third kappa shape index (κ3) is 4.29. The van der Waals surface area contributed by atoms with E-state index < -0.39 is 12.1 Å². The second-order valence-electron chi connectivity index (χ2n) is 4.86. The average Bonchev–Trinajstić information content (AvgIpc) is 2.55. The fraction of sp³-hybridized carbons (Fsp3) is 0.167. The van der Waals surface area contributed by atoms with Gasteiger partial charge >= 0.3 is 0 Å². The van der Waals surface area contributed by atoms with Gasteiger partial charge in [-0.3, -0.25) is 4.79 Å². The van der Waals surface area contributed by atoms with Gasteiger partial charge in [-0.05, 0) is 24.1 Å². The molecule has 2 aromatic carbocycles. The van der Waals surface area contributed by atoms with Crippen molar-refractivity contribution in [1.82, 2.24) is 5.32 Å². The van der Waals surface area contributed by atoms with E-state index in [1.807, 2.05) is 48.5 Å². The molecule has 0 saturated carbocycles. The Hall–Kier alpha value is -2.39. The van der Waals surface area contributed by atoms with Crippen LogP contribution in [0.2, 0.25) is 0 Å². The molecule has 0 fully saturated rings. The molecule has 2 rings (SSSR count). The summed E-state index contributed by atoms with van der Waals surface area (Å²) in [4.78, 5) is 12.2. The summed E-state index contributed by atoms with van der Waals surface area (Å²) < 4.78 is 0. The van der Waals surface area contributed by atoms with Gasteiger partial charge in [0.25, 0.3) is 5.91 Å². The predicted molar refractivity (Wildman–Crippen MR) is 84.0 cm³/mol. The van der Waals surface area contributed by atoms with Crippen molar-refractivity contribution in [3.05, 3.63) is 84.4 Å². The highest BCUT2D eigenvalue weighted by molar-refractivity contribution is 5.94. The first-order valence-corrected chi connectivity index (χ1v) is 6.91. The van der Waals surface area contributed by atoms with Crippen LogP contribution in [0.1, 0.15) is 15.9 Å². The minimum Gasteiger partial charge on any atom is -0.387 e. The molecule has 2 aromatic rings. The lowest BCUT2D eigenvalue weighted by Crippen LogP contribution is -2.44. The lowest BCUT2D eigenvalue weighted by atomic mass is 10.0. The van der Waals surface area contributed by atoms with Crippen molar-refractivity contribution in [2.45, 2.75) is 18.6 Å². The fourth-order valence-corrected chi connectivity index (χ4v) is 2.13. The predicted octanol–water partition coefficient (Wildman–Crippen LogP) is 2.57. The Morgan fingerprint density at radius 2 is 1.67 bits per heavy atom. The molecule has 108 valence electrons. The van der Waals surface area contributed by atoms with Crippen molar-refractivity contribution in [1.29, 1.82) is 0 Å². The van der Waals surface area contributed by atoms with Crippen LogP contribution < -0.4 is 5.32 Å². The number of carbonyl (C=O) groups is 1. The van der Waals surface area contributed by atoms with Gasteiger partial charge in [-0.1, -0.05) is 54.6 Å². The average molecular weight is 281 g/mol. The van der Waals surface area contributed by atoms with Crippen LogP contribution >= 0.6 is 0 Å². The highest BCUT2D eigenvalue weighted by atomic mass is 16.3. The van der Waals surface area contributed by atoms with Crippen LogP contribution in [0, 0.1) is 0 Å². The maximum atomic E-state index is 12.2. The third-order valence-electron chi connectivity index (χ3n) is 3.30. The largest absolute Gasteiger partial charge is 0.387 e. The number of benzene rings is 2. The van der Waals surface area contributed by atoms with Crippen molar-refractivity contribution in [2.24, 2.45) is 0 Å². The first kappa shape index (κ1) is 15.0. The van der Waals surface area contributed by atoms with E-state index in [9.17, 15) is 9.90 Å². The highest BCUT2D eigenvalue weighted by Gasteiger charge is 2.20. The molecule has 2 N–H and O–H groups in total. The summed E-state index contributed by atoms with van der Waals surface area (Å²) in [5.41, 5.74) is 1.63. The van der Waals surface area contributed by atoms with E-state index in [4.69, 9.17) is 0 Å². The number of hydrogen-bond donors (Lipinski definition) is 2. The molecular weight excluding hydrogens is 262 g/mol. The molecule has 0 aliphatic carbocycles. The molecule has 0 heterocycles. The number of nitrogens with one attached hydrogen (secondary N) is 1. The molecule has 0 radical (unpaired) electrons. The van der Waals surface area contributed by atoms with Crippen molar-refractivity contribution in [3.8, 4) is 0 Å². The van der Waals surface area contributed by atoms with Gasteiger partial charge in [-0.2, -0.15) is 0 Å². The Labute approximate surface area is 124 Å². The summed E-state index contributed by atoms with van der Waals surface area (Å²) in [7, 11) is 0. The smallest absolute Gasteiger partial charge is 0.251 e. The molecule has 21 heavy (non-hydrogen) atoms. The molecule has 0 bridgehead atoms. The van der Waals surface area contributed by atoms with Crippen LogP contribution in [0.25, 0.3) is 0 Å². The van der Waals surface area contributed by atoms with Crippen LogP contribution in [-0.4, -0.2) is 23.2 Å². The lowest BCUT2D eigenvalue weighted by molar-refractivity contribution is 0.0884. The number of carbonyl (C=O) groups excluding carboxylic acids is 1. The summed E-state index contributed by atoms with van der Waals surface area (Å²) in [6.45, 7) is 3.60. The maximum Gasteiger partial charge on any atom is 0.251 e. The van der Waals surface area contributed by atoms with Gasteiger partial charge in [-0.15, -0.1) is 6.58 Å². The summed E-state index contributed by atoms with van der Waals surface area (Å²) in [5.74, 6) is -0.197. The highest BCUT2D eigenvalue weighted by Crippen LogP contribution is 2.08. The topological polar surface area (TPSA) is 49.3 Å². The SMILES string of the molecule is C=CC(O)[C@@H](Cc1ccccc1)NC(=O)c1ccccc1. The second-order valence-corrected chi connectivity index (χ2v) is 4.86. The molecule has 0 aliphatic rings. The molecule has 0 aromatic heterocycles. The minimum atomic E-state index is -0.794. The molecule has 2 atom stereocenters. The summed E-state index contributed by atoms with van der Waals surface area (Å²) in [5, 5.41) is 12.9. The number of aliphatic hydroxyl groups excluding tert-OH is 1.